The highest BCUT2D eigenvalue weighted by atomic mass is 16.3. The summed E-state index contributed by atoms with van der Waals surface area (Å²) in [5.41, 5.74) is 0. The van der Waals surface area contributed by atoms with Gasteiger partial charge in [0.1, 0.15) is 5.76 Å². The summed E-state index contributed by atoms with van der Waals surface area (Å²) in [7, 11) is 0. The van der Waals surface area contributed by atoms with Crippen molar-refractivity contribution in [3.05, 3.63) is 24.2 Å². The summed E-state index contributed by atoms with van der Waals surface area (Å²) in [6, 6.07) is 4.60. The highest BCUT2D eigenvalue weighted by molar-refractivity contribution is 5.80. The normalized spacial score (nSPS) is 17.4. The van der Waals surface area contributed by atoms with Crippen LogP contribution in [0.4, 0.5) is 0 Å². The first kappa shape index (κ1) is 20.3. The van der Waals surface area contributed by atoms with Crippen LogP contribution in [0.25, 0.3) is 0 Å². The Morgan fingerprint density at radius 2 is 2.08 bits per heavy atom. The predicted molar refractivity (Wildman–Crippen MR) is 105 cm³/mol. The van der Waals surface area contributed by atoms with Gasteiger partial charge in [0.05, 0.1) is 6.26 Å². The van der Waals surface area contributed by atoms with Crippen molar-refractivity contribution in [2.24, 2.45) is 10.9 Å². The molecule has 6 nitrogen and oxygen atoms in total. The molecule has 2 N–H and O–H groups in total. The molecular formula is C20H34N4O2. The minimum atomic E-state index is 0.0744. The standard InChI is InChI=1S/C20H34N4O2/c1-5-16(4)22-20(21-11-8-18-7-6-14-26-18)23-17-9-12-24(13-10-17)19(25)15(2)3/h6-7,14-17H,5,8-13H2,1-4H3,(H2,21,22,23). The van der Waals surface area contributed by atoms with Crippen LogP contribution in [0.1, 0.15) is 52.7 Å². The molecule has 0 aliphatic carbocycles. The van der Waals surface area contributed by atoms with Crippen LogP contribution >= 0.6 is 0 Å². The lowest BCUT2D eigenvalue weighted by Crippen LogP contribution is -2.51. The summed E-state index contributed by atoms with van der Waals surface area (Å²) in [6.45, 7) is 10.6. The number of nitrogens with one attached hydrogen (secondary N) is 2. The van der Waals surface area contributed by atoms with E-state index in [4.69, 9.17) is 9.41 Å². The molecule has 0 spiro atoms. The van der Waals surface area contributed by atoms with E-state index in [0.717, 1.165) is 50.5 Å². The Labute approximate surface area is 157 Å². The minimum absolute atomic E-state index is 0.0744. The number of likely N-dealkylation sites (tertiary alicyclic amines) is 1. The smallest absolute Gasteiger partial charge is 0.225 e. The van der Waals surface area contributed by atoms with Crippen LogP contribution in [0.15, 0.2) is 27.8 Å². The Bertz CT molecular complexity index is 560. The maximum absolute atomic E-state index is 12.1. The first-order valence-electron chi connectivity index (χ1n) is 9.88. The zero-order valence-corrected chi connectivity index (χ0v) is 16.6. The highest BCUT2D eigenvalue weighted by Crippen LogP contribution is 2.13. The number of hydrogen-bond acceptors (Lipinski definition) is 3. The quantitative estimate of drug-likeness (QED) is 0.578. The molecule has 1 aliphatic heterocycles. The number of guanidine groups is 1. The van der Waals surface area contributed by atoms with E-state index in [-0.39, 0.29) is 11.8 Å². The lowest BCUT2D eigenvalue weighted by atomic mass is 10.0. The third kappa shape index (κ3) is 6.39. The Balaban J connectivity index is 1.86. The third-order valence-electron chi connectivity index (χ3n) is 4.85. The Morgan fingerprint density at radius 1 is 1.35 bits per heavy atom. The monoisotopic (exact) mass is 362 g/mol. The Kier molecular flexibility index (Phi) is 8.01. The second kappa shape index (κ2) is 10.2. The molecular weight excluding hydrogens is 328 g/mol. The zero-order chi connectivity index (χ0) is 18.9. The van der Waals surface area contributed by atoms with Gasteiger partial charge in [-0.2, -0.15) is 0 Å². The number of amides is 1. The molecule has 1 amide bonds. The van der Waals surface area contributed by atoms with Crippen molar-refractivity contribution in [3.63, 3.8) is 0 Å². The highest BCUT2D eigenvalue weighted by Gasteiger charge is 2.24. The largest absolute Gasteiger partial charge is 0.469 e. The number of carbonyl (C=O) groups excluding carboxylic acids is 1. The zero-order valence-electron chi connectivity index (χ0n) is 16.6. The van der Waals surface area contributed by atoms with Crippen molar-refractivity contribution in [1.29, 1.82) is 0 Å². The second-order valence-corrected chi connectivity index (χ2v) is 7.41. The van der Waals surface area contributed by atoms with Gasteiger partial charge in [0.25, 0.3) is 0 Å². The number of hydrogen-bond donors (Lipinski definition) is 2. The van der Waals surface area contributed by atoms with Gasteiger partial charge in [-0.15, -0.1) is 0 Å². The predicted octanol–water partition coefficient (Wildman–Crippen LogP) is 2.80. The third-order valence-corrected chi connectivity index (χ3v) is 4.85. The van der Waals surface area contributed by atoms with Gasteiger partial charge in [0, 0.05) is 44.1 Å². The van der Waals surface area contributed by atoms with Crippen LogP contribution in [0.2, 0.25) is 0 Å². The van der Waals surface area contributed by atoms with E-state index >= 15 is 0 Å². The maximum Gasteiger partial charge on any atom is 0.225 e. The van der Waals surface area contributed by atoms with Crippen molar-refractivity contribution >= 4 is 11.9 Å². The Morgan fingerprint density at radius 3 is 2.65 bits per heavy atom. The average Bonchev–Trinajstić information content (AvgIpc) is 3.14. The summed E-state index contributed by atoms with van der Waals surface area (Å²) >= 11 is 0. The van der Waals surface area contributed by atoms with Crippen LogP contribution in [-0.4, -0.2) is 48.5 Å². The van der Waals surface area contributed by atoms with Crippen LogP contribution in [-0.2, 0) is 11.2 Å². The van der Waals surface area contributed by atoms with Gasteiger partial charge in [-0.05, 0) is 38.3 Å². The molecule has 0 radical (unpaired) electrons. The maximum atomic E-state index is 12.1. The summed E-state index contributed by atoms with van der Waals surface area (Å²) in [6.07, 6.45) is 5.44. The van der Waals surface area contributed by atoms with Crippen molar-refractivity contribution in [3.8, 4) is 0 Å². The second-order valence-electron chi connectivity index (χ2n) is 7.41. The van der Waals surface area contributed by atoms with Gasteiger partial charge in [-0.3, -0.25) is 9.79 Å². The van der Waals surface area contributed by atoms with Crippen molar-refractivity contribution in [2.75, 3.05) is 19.6 Å². The molecule has 0 aromatic carbocycles. The minimum Gasteiger partial charge on any atom is -0.469 e. The molecule has 1 atom stereocenters. The van der Waals surface area contributed by atoms with Crippen molar-refractivity contribution in [1.82, 2.24) is 15.5 Å². The molecule has 6 heteroatoms. The molecule has 1 aliphatic rings. The number of furan rings is 1. The van der Waals surface area contributed by atoms with E-state index in [9.17, 15) is 4.79 Å². The fraction of sp³-hybridized carbons (Fsp3) is 0.700. The summed E-state index contributed by atoms with van der Waals surface area (Å²) in [4.78, 5) is 18.8. The number of nitrogens with zero attached hydrogens (tertiary/aromatic N) is 2. The number of carbonyl (C=O) groups is 1. The van der Waals surface area contributed by atoms with Crippen LogP contribution in [0.3, 0.4) is 0 Å². The average molecular weight is 363 g/mol. The molecule has 2 heterocycles. The first-order chi connectivity index (χ1) is 12.5. The topological polar surface area (TPSA) is 69.9 Å². The number of piperidine rings is 1. The van der Waals surface area contributed by atoms with E-state index in [1.165, 1.54) is 0 Å². The molecule has 146 valence electrons. The first-order valence-corrected chi connectivity index (χ1v) is 9.88. The fourth-order valence-electron chi connectivity index (χ4n) is 3.00. The molecule has 0 saturated carbocycles. The molecule has 26 heavy (non-hydrogen) atoms. The Hall–Kier alpha value is -1.98. The summed E-state index contributed by atoms with van der Waals surface area (Å²) in [5.74, 6) is 2.15. The molecule has 2 rings (SSSR count). The SMILES string of the molecule is CCC(C)NC(=NCCc1ccco1)NC1CCN(C(=O)C(C)C)CC1. The number of aliphatic imine (C=N–C) groups is 1. The van der Waals surface area contributed by atoms with E-state index in [0.29, 0.717) is 18.6 Å². The molecule has 0 bridgehead atoms. The van der Waals surface area contributed by atoms with Crippen LogP contribution in [0.5, 0.6) is 0 Å². The van der Waals surface area contributed by atoms with E-state index in [1.54, 1.807) is 6.26 Å². The van der Waals surface area contributed by atoms with Gasteiger partial charge in [0.15, 0.2) is 5.96 Å². The van der Waals surface area contributed by atoms with E-state index in [2.05, 4.69) is 24.5 Å². The van der Waals surface area contributed by atoms with Crippen molar-refractivity contribution < 1.29 is 9.21 Å². The fourth-order valence-corrected chi connectivity index (χ4v) is 3.00. The van der Waals surface area contributed by atoms with Gasteiger partial charge < -0.3 is 20.0 Å². The number of rotatable bonds is 7. The molecule has 1 aromatic heterocycles. The van der Waals surface area contributed by atoms with Crippen LogP contribution < -0.4 is 10.6 Å². The summed E-state index contributed by atoms with van der Waals surface area (Å²) < 4.78 is 5.37. The lowest BCUT2D eigenvalue weighted by molar-refractivity contribution is -0.135. The molecule has 1 aromatic rings. The van der Waals surface area contributed by atoms with Gasteiger partial charge in [-0.25, -0.2) is 0 Å². The van der Waals surface area contributed by atoms with Crippen molar-refractivity contribution in [2.45, 2.75) is 65.5 Å². The van der Waals surface area contributed by atoms with Gasteiger partial charge in [-0.1, -0.05) is 20.8 Å². The van der Waals surface area contributed by atoms with Crippen LogP contribution in [0, 0.1) is 5.92 Å². The van der Waals surface area contributed by atoms with Gasteiger partial charge >= 0.3 is 0 Å². The molecule has 1 fully saturated rings. The molecule has 1 saturated heterocycles. The van der Waals surface area contributed by atoms with Gasteiger partial charge in [0.2, 0.25) is 5.91 Å². The summed E-state index contributed by atoms with van der Waals surface area (Å²) in [5, 5.41) is 7.03. The van der Waals surface area contributed by atoms with E-state index in [1.807, 2.05) is 30.9 Å². The molecule has 1 unspecified atom stereocenters. The van der Waals surface area contributed by atoms with E-state index < -0.39 is 0 Å². The lowest BCUT2D eigenvalue weighted by Gasteiger charge is -2.34.